The van der Waals surface area contributed by atoms with Crippen LogP contribution in [-0.2, 0) is 4.79 Å². The third-order valence-corrected chi connectivity index (χ3v) is 5.90. The zero-order valence-corrected chi connectivity index (χ0v) is 17.4. The van der Waals surface area contributed by atoms with Crippen molar-refractivity contribution >= 4 is 29.1 Å². The standard InChI is InChI=1S/C22H26Cl2N2O/c1-3-16(2)22(27)26-14-12-25(13-15-26)21(17-4-8-19(23)9-5-17)18-6-10-20(24)11-7-18/h4-11,16,21H,3,12-15H2,1-2H3/t16-/m1/s1. The summed E-state index contributed by atoms with van der Waals surface area (Å²) in [4.78, 5) is 16.9. The van der Waals surface area contributed by atoms with Crippen LogP contribution in [0.2, 0.25) is 10.0 Å². The Morgan fingerprint density at radius 2 is 1.33 bits per heavy atom. The van der Waals surface area contributed by atoms with Gasteiger partial charge in [0.05, 0.1) is 6.04 Å². The molecule has 3 rings (SSSR count). The third-order valence-electron chi connectivity index (χ3n) is 5.40. The van der Waals surface area contributed by atoms with Crippen molar-refractivity contribution in [3.63, 3.8) is 0 Å². The molecular formula is C22H26Cl2N2O. The number of piperazine rings is 1. The lowest BCUT2D eigenvalue weighted by atomic mass is 9.96. The lowest BCUT2D eigenvalue weighted by Gasteiger charge is -2.40. The van der Waals surface area contributed by atoms with Crippen LogP contribution >= 0.6 is 23.2 Å². The molecule has 27 heavy (non-hydrogen) atoms. The number of hydrogen-bond donors (Lipinski definition) is 0. The van der Waals surface area contributed by atoms with Gasteiger partial charge in [-0.05, 0) is 41.8 Å². The molecule has 1 amide bonds. The quantitative estimate of drug-likeness (QED) is 0.676. The van der Waals surface area contributed by atoms with Gasteiger partial charge in [0.15, 0.2) is 0 Å². The first-order valence-electron chi connectivity index (χ1n) is 9.53. The van der Waals surface area contributed by atoms with Crippen LogP contribution in [0.3, 0.4) is 0 Å². The van der Waals surface area contributed by atoms with Gasteiger partial charge in [0.25, 0.3) is 0 Å². The molecule has 0 spiro atoms. The number of rotatable bonds is 5. The van der Waals surface area contributed by atoms with Gasteiger partial charge in [0.1, 0.15) is 0 Å². The summed E-state index contributed by atoms with van der Waals surface area (Å²) in [7, 11) is 0. The SMILES string of the molecule is CC[C@@H](C)C(=O)N1CCN(C(c2ccc(Cl)cc2)c2ccc(Cl)cc2)CC1. The van der Waals surface area contributed by atoms with Gasteiger partial charge >= 0.3 is 0 Å². The van der Waals surface area contributed by atoms with Crippen molar-refractivity contribution in [1.82, 2.24) is 9.80 Å². The molecule has 0 unspecified atom stereocenters. The number of amides is 1. The molecule has 1 saturated heterocycles. The molecule has 3 nitrogen and oxygen atoms in total. The Kier molecular flexibility index (Phi) is 6.80. The van der Waals surface area contributed by atoms with E-state index in [-0.39, 0.29) is 17.9 Å². The van der Waals surface area contributed by atoms with Crippen LogP contribution in [0.4, 0.5) is 0 Å². The molecule has 1 heterocycles. The summed E-state index contributed by atoms with van der Waals surface area (Å²) in [6.45, 7) is 7.30. The minimum atomic E-state index is 0.0971. The molecule has 5 heteroatoms. The van der Waals surface area contributed by atoms with E-state index in [0.717, 1.165) is 42.6 Å². The van der Waals surface area contributed by atoms with E-state index in [9.17, 15) is 4.79 Å². The fourth-order valence-electron chi connectivity index (χ4n) is 3.59. The van der Waals surface area contributed by atoms with E-state index < -0.39 is 0 Å². The Morgan fingerprint density at radius 1 is 0.889 bits per heavy atom. The first kappa shape index (κ1) is 20.2. The fourth-order valence-corrected chi connectivity index (χ4v) is 3.84. The molecular weight excluding hydrogens is 379 g/mol. The molecule has 0 aromatic heterocycles. The number of carbonyl (C=O) groups is 1. The molecule has 2 aromatic carbocycles. The fraction of sp³-hybridized carbons (Fsp3) is 0.409. The maximum Gasteiger partial charge on any atom is 0.225 e. The van der Waals surface area contributed by atoms with E-state index in [0.29, 0.717) is 0 Å². The van der Waals surface area contributed by atoms with Gasteiger partial charge in [-0.25, -0.2) is 0 Å². The molecule has 1 fully saturated rings. The maximum atomic E-state index is 12.5. The monoisotopic (exact) mass is 404 g/mol. The van der Waals surface area contributed by atoms with Crippen molar-refractivity contribution < 1.29 is 4.79 Å². The summed E-state index contributed by atoms with van der Waals surface area (Å²) >= 11 is 12.2. The van der Waals surface area contributed by atoms with E-state index in [4.69, 9.17) is 23.2 Å². The highest BCUT2D eigenvalue weighted by molar-refractivity contribution is 6.30. The van der Waals surface area contributed by atoms with Crippen LogP contribution in [0.25, 0.3) is 0 Å². The smallest absolute Gasteiger partial charge is 0.225 e. The largest absolute Gasteiger partial charge is 0.340 e. The van der Waals surface area contributed by atoms with Crippen molar-refractivity contribution in [2.75, 3.05) is 26.2 Å². The van der Waals surface area contributed by atoms with E-state index in [1.54, 1.807) is 0 Å². The third kappa shape index (κ3) is 4.84. The maximum absolute atomic E-state index is 12.5. The highest BCUT2D eigenvalue weighted by Gasteiger charge is 2.29. The van der Waals surface area contributed by atoms with Gasteiger partial charge < -0.3 is 4.90 Å². The average molecular weight is 405 g/mol. The zero-order valence-electron chi connectivity index (χ0n) is 15.9. The van der Waals surface area contributed by atoms with Crippen LogP contribution in [0, 0.1) is 5.92 Å². The minimum absolute atomic E-state index is 0.0971. The van der Waals surface area contributed by atoms with Crippen molar-refractivity contribution in [3.05, 3.63) is 69.7 Å². The Balaban J connectivity index is 1.81. The van der Waals surface area contributed by atoms with Gasteiger partial charge in [-0.2, -0.15) is 0 Å². The molecule has 0 bridgehead atoms. The normalized spacial score (nSPS) is 16.6. The Labute approximate surface area is 171 Å². The molecule has 0 aliphatic carbocycles. The highest BCUT2D eigenvalue weighted by atomic mass is 35.5. The van der Waals surface area contributed by atoms with Crippen LogP contribution in [-0.4, -0.2) is 41.9 Å². The Hall–Kier alpha value is -1.55. The Bertz CT molecular complexity index is 707. The van der Waals surface area contributed by atoms with Gasteiger partial charge in [0.2, 0.25) is 5.91 Å². The number of halogens is 2. The summed E-state index contributed by atoms with van der Waals surface area (Å²) in [6.07, 6.45) is 0.886. The van der Waals surface area contributed by atoms with Crippen LogP contribution in [0.15, 0.2) is 48.5 Å². The van der Waals surface area contributed by atoms with E-state index in [1.807, 2.05) is 36.1 Å². The minimum Gasteiger partial charge on any atom is -0.340 e. The number of nitrogens with zero attached hydrogens (tertiary/aromatic N) is 2. The molecule has 1 aliphatic heterocycles. The predicted octanol–water partition coefficient (Wildman–Crippen LogP) is 5.27. The second kappa shape index (κ2) is 9.09. The lowest BCUT2D eigenvalue weighted by Crippen LogP contribution is -2.51. The second-order valence-electron chi connectivity index (χ2n) is 7.18. The number of benzene rings is 2. The first-order chi connectivity index (χ1) is 13.0. The summed E-state index contributed by atoms with van der Waals surface area (Å²) < 4.78 is 0. The summed E-state index contributed by atoms with van der Waals surface area (Å²) in [5, 5.41) is 1.47. The van der Waals surface area contributed by atoms with Crippen molar-refractivity contribution in [1.29, 1.82) is 0 Å². The lowest BCUT2D eigenvalue weighted by molar-refractivity contribution is -0.137. The summed E-state index contributed by atoms with van der Waals surface area (Å²) in [6, 6.07) is 16.2. The van der Waals surface area contributed by atoms with Gasteiger partial charge in [-0.15, -0.1) is 0 Å². The second-order valence-corrected chi connectivity index (χ2v) is 8.05. The Morgan fingerprint density at radius 3 is 1.74 bits per heavy atom. The highest BCUT2D eigenvalue weighted by Crippen LogP contribution is 2.31. The van der Waals surface area contributed by atoms with Crippen LogP contribution in [0.5, 0.6) is 0 Å². The number of hydrogen-bond acceptors (Lipinski definition) is 2. The van der Waals surface area contributed by atoms with Crippen molar-refractivity contribution in [3.8, 4) is 0 Å². The number of carbonyl (C=O) groups excluding carboxylic acids is 1. The molecule has 0 radical (unpaired) electrons. The summed E-state index contributed by atoms with van der Waals surface area (Å²) in [5.41, 5.74) is 2.40. The van der Waals surface area contributed by atoms with Crippen molar-refractivity contribution in [2.45, 2.75) is 26.3 Å². The zero-order chi connectivity index (χ0) is 19.4. The van der Waals surface area contributed by atoms with Gasteiger partial charge in [0, 0.05) is 42.1 Å². The first-order valence-corrected chi connectivity index (χ1v) is 10.3. The topological polar surface area (TPSA) is 23.6 Å². The predicted molar refractivity (Wildman–Crippen MR) is 112 cm³/mol. The molecule has 1 atom stereocenters. The van der Waals surface area contributed by atoms with Crippen LogP contribution in [0.1, 0.15) is 37.4 Å². The average Bonchev–Trinajstić information content (AvgIpc) is 2.70. The molecule has 0 N–H and O–H groups in total. The summed E-state index contributed by atoms with van der Waals surface area (Å²) in [5.74, 6) is 0.367. The van der Waals surface area contributed by atoms with E-state index >= 15 is 0 Å². The van der Waals surface area contributed by atoms with Gasteiger partial charge in [-0.1, -0.05) is 61.3 Å². The van der Waals surface area contributed by atoms with E-state index in [1.165, 1.54) is 11.1 Å². The van der Waals surface area contributed by atoms with Crippen molar-refractivity contribution in [2.24, 2.45) is 5.92 Å². The molecule has 2 aromatic rings. The molecule has 0 saturated carbocycles. The van der Waals surface area contributed by atoms with Gasteiger partial charge in [-0.3, -0.25) is 9.69 Å². The molecule has 1 aliphatic rings. The molecule has 144 valence electrons. The van der Waals surface area contributed by atoms with Crippen LogP contribution < -0.4 is 0 Å². The van der Waals surface area contributed by atoms with E-state index in [2.05, 4.69) is 36.1 Å².